The van der Waals surface area contributed by atoms with Crippen LogP contribution in [0.3, 0.4) is 0 Å². The highest BCUT2D eigenvalue weighted by atomic mass is 32.2. The normalized spacial score (nSPS) is 18.5. The number of nitrogens with zero attached hydrogens (tertiary/aromatic N) is 2. The number of carbonyl (C=O) groups excluding carboxylic acids is 1. The average Bonchev–Trinajstić information content (AvgIpc) is 3.14. The number of hydrogen-bond donors (Lipinski definition) is 3. The smallest absolute Gasteiger partial charge is 0.250 e. The lowest BCUT2D eigenvalue weighted by atomic mass is 9.88. The van der Waals surface area contributed by atoms with Gasteiger partial charge in [0.05, 0.1) is 17.4 Å². The van der Waals surface area contributed by atoms with Gasteiger partial charge in [-0.3, -0.25) is 14.7 Å². The van der Waals surface area contributed by atoms with Gasteiger partial charge in [-0.2, -0.15) is 5.10 Å². The van der Waals surface area contributed by atoms with Crippen molar-refractivity contribution in [3.63, 3.8) is 0 Å². The van der Waals surface area contributed by atoms with E-state index in [1.165, 1.54) is 38.2 Å². The summed E-state index contributed by atoms with van der Waals surface area (Å²) in [6, 6.07) is 0. The summed E-state index contributed by atoms with van der Waals surface area (Å²) >= 11 is 0. The zero-order valence-corrected chi connectivity index (χ0v) is 13.6. The fourth-order valence-electron chi connectivity index (χ4n) is 3.02. The molecule has 0 aliphatic heterocycles. The summed E-state index contributed by atoms with van der Waals surface area (Å²) in [5.41, 5.74) is 1.61. The molecular weight excluding hydrogens is 306 g/mol. The number of carbonyl (C=O) groups is 1. The van der Waals surface area contributed by atoms with Crippen LogP contribution >= 0.6 is 0 Å². The molecule has 22 heavy (non-hydrogen) atoms. The third-order valence-electron chi connectivity index (χ3n) is 4.50. The molecule has 1 saturated carbocycles. The topological polar surface area (TPSA) is 101 Å². The summed E-state index contributed by atoms with van der Waals surface area (Å²) in [6.07, 6.45) is 8.99. The maximum Gasteiger partial charge on any atom is 0.250 e. The van der Waals surface area contributed by atoms with E-state index in [0.29, 0.717) is 12.5 Å². The van der Waals surface area contributed by atoms with Gasteiger partial charge in [0.25, 0.3) is 0 Å². The predicted octanol–water partition coefficient (Wildman–Crippen LogP) is 1.05. The quantitative estimate of drug-likeness (QED) is 0.394. The van der Waals surface area contributed by atoms with Crippen LogP contribution in [-0.4, -0.2) is 35.1 Å². The van der Waals surface area contributed by atoms with Gasteiger partial charge in [-0.1, -0.05) is 12.8 Å². The predicted molar refractivity (Wildman–Crippen MR) is 81.3 cm³/mol. The third-order valence-corrected chi connectivity index (χ3v) is 5.46. The number of hydrogen-bond acceptors (Lipinski definition) is 5. The van der Waals surface area contributed by atoms with Crippen LogP contribution in [0.2, 0.25) is 0 Å². The van der Waals surface area contributed by atoms with Crippen molar-refractivity contribution in [1.29, 1.82) is 0 Å². The van der Waals surface area contributed by atoms with Gasteiger partial charge in [0, 0.05) is 12.7 Å². The Balaban J connectivity index is 2.01. The van der Waals surface area contributed by atoms with E-state index in [9.17, 15) is 13.2 Å². The Labute approximate surface area is 131 Å². The number of aromatic nitrogens is 2. The molecule has 1 fully saturated rings. The van der Waals surface area contributed by atoms with Crippen molar-refractivity contribution >= 4 is 16.6 Å². The van der Waals surface area contributed by atoms with Crippen molar-refractivity contribution in [2.45, 2.75) is 51.5 Å². The van der Waals surface area contributed by atoms with Gasteiger partial charge >= 0.3 is 0 Å². The molecule has 0 unspecified atom stereocenters. The number of hydroxylamine groups is 1. The Morgan fingerprint density at radius 1 is 1.50 bits per heavy atom. The molecule has 1 aliphatic rings. The first-order valence-electron chi connectivity index (χ1n) is 7.53. The second kappa shape index (κ2) is 7.23. The molecule has 8 heteroatoms. The van der Waals surface area contributed by atoms with Crippen LogP contribution in [-0.2, 0) is 22.0 Å². The first-order chi connectivity index (χ1) is 10.4. The monoisotopic (exact) mass is 329 g/mol. The largest absolute Gasteiger partial charge is 0.289 e. The number of aryl methyl sites for hydroxylation is 1. The molecule has 124 valence electrons. The first kappa shape index (κ1) is 17.0. The van der Waals surface area contributed by atoms with E-state index in [-0.39, 0.29) is 12.2 Å². The molecule has 0 aromatic carbocycles. The molecule has 0 radical (unpaired) electrons. The number of nitrogens with one attached hydrogen (secondary N) is 1. The van der Waals surface area contributed by atoms with Crippen LogP contribution < -0.4 is 5.48 Å². The maximum absolute atomic E-state index is 11.7. The highest BCUT2D eigenvalue weighted by Gasteiger charge is 2.34. The molecule has 0 saturated heterocycles. The second-order valence-electron chi connectivity index (χ2n) is 6.26. The number of amides is 1. The second-order valence-corrected chi connectivity index (χ2v) is 7.24. The lowest BCUT2D eigenvalue weighted by Gasteiger charge is -2.24. The van der Waals surface area contributed by atoms with Crippen LogP contribution in [0.25, 0.3) is 0 Å². The van der Waals surface area contributed by atoms with Gasteiger partial charge in [0.1, 0.15) is 10.7 Å². The highest BCUT2D eigenvalue weighted by molar-refractivity contribution is 7.72. The molecule has 1 amide bonds. The number of thiol groups is 1. The van der Waals surface area contributed by atoms with Crippen molar-refractivity contribution in [1.82, 2.24) is 15.3 Å². The van der Waals surface area contributed by atoms with Crippen LogP contribution in [0, 0.1) is 5.41 Å². The van der Waals surface area contributed by atoms with Gasteiger partial charge in [-0.15, -0.1) is 0 Å². The summed E-state index contributed by atoms with van der Waals surface area (Å²) in [6.45, 7) is 1.96. The summed E-state index contributed by atoms with van der Waals surface area (Å²) in [5.74, 6) is -0.419. The molecule has 0 spiro atoms. The van der Waals surface area contributed by atoms with E-state index in [4.69, 9.17) is 5.21 Å². The molecule has 1 atom stereocenters. The fraction of sp³-hybridized carbons (Fsp3) is 0.714. The van der Waals surface area contributed by atoms with Crippen LogP contribution in [0.4, 0.5) is 0 Å². The lowest BCUT2D eigenvalue weighted by Crippen LogP contribution is -2.41. The Hall–Kier alpha value is -1.41. The van der Waals surface area contributed by atoms with Crippen LogP contribution in [0.5, 0.6) is 0 Å². The van der Waals surface area contributed by atoms with Gasteiger partial charge < -0.3 is 0 Å². The van der Waals surface area contributed by atoms with Gasteiger partial charge in [0.15, 0.2) is 0 Å². The zero-order chi connectivity index (χ0) is 16.2. The van der Waals surface area contributed by atoms with E-state index in [2.05, 4.69) is 5.10 Å². The average molecular weight is 329 g/mol. The maximum atomic E-state index is 11.7. The Morgan fingerprint density at radius 2 is 2.18 bits per heavy atom. The van der Waals surface area contributed by atoms with E-state index in [0.717, 1.165) is 0 Å². The summed E-state index contributed by atoms with van der Waals surface area (Å²) in [5, 5.41) is 13.1. The minimum Gasteiger partial charge on any atom is -0.289 e. The van der Waals surface area contributed by atoms with Gasteiger partial charge in [0.2, 0.25) is 5.91 Å². The van der Waals surface area contributed by atoms with Crippen molar-refractivity contribution in [3.8, 4) is 0 Å². The summed E-state index contributed by atoms with van der Waals surface area (Å²) in [4.78, 5) is 11.7. The van der Waals surface area contributed by atoms with E-state index in [1.807, 2.05) is 12.4 Å². The third kappa shape index (κ3) is 4.07. The molecule has 2 N–H and O–H groups in total. The zero-order valence-electron chi connectivity index (χ0n) is 12.7. The number of rotatable bonds is 7. The molecular formula is C14H23N3O4S. The lowest BCUT2D eigenvalue weighted by molar-refractivity contribution is -0.138. The summed E-state index contributed by atoms with van der Waals surface area (Å²) in [7, 11) is -2.71. The Bertz CT molecular complexity index is 585. The van der Waals surface area contributed by atoms with E-state index < -0.39 is 22.0 Å². The standard InChI is InChI=1S/C14H23N3O4S/c1-14(10-22(20)21,13(18)16-19)6-7-17-9-12(8-15-17)11-4-2-3-5-11/h8-9,11,19,22H,2-7,10H2,1H3,(H,16,18)/t14-/m0/s1. The summed E-state index contributed by atoms with van der Waals surface area (Å²) < 4.78 is 23.7. The highest BCUT2D eigenvalue weighted by Crippen LogP contribution is 2.33. The van der Waals surface area contributed by atoms with Crippen molar-refractivity contribution in [3.05, 3.63) is 18.0 Å². The minimum absolute atomic E-state index is 0.286. The van der Waals surface area contributed by atoms with Crippen LogP contribution in [0.15, 0.2) is 12.4 Å². The fourth-order valence-corrected chi connectivity index (χ4v) is 3.89. The van der Waals surface area contributed by atoms with Crippen molar-refractivity contribution < 1.29 is 18.4 Å². The molecule has 2 rings (SSSR count). The molecule has 1 aromatic heterocycles. The molecule has 1 aromatic rings. The first-order valence-corrected chi connectivity index (χ1v) is 8.89. The van der Waals surface area contributed by atoms with Crippen LogP contribution in [0.1, 0.15) is 50.5 Å². The minimum atomic E-state index is -2.71. The van der Waals surface area contributed by atoms with Crippen molar-refractivity contribution in [2.75, 3.05) is 5.75 Å². The van der Waals surface area contributed by atoms with E-state index in [1.54, 1.807) is 10.2 Å². The SMILES string of the molecule is C[C@](CCn1cc(C2CCCC2)cn1)(C[SH](=O)=O)C(=O)NO. The van der Waals surface area contributed by atoms with E-state index >= 15 is 0 Å². The molecule has 0 bridgehead atoms. The molecule has 1 heterocycles. The Kier molecular flexibility index (Phi) is 5.57. The van der Waals surface area contributed by atoms with Gasteiger partial charge in [-0.05, 0) is 37.7 Å². The molecule has 7 nitrogen and oxygen atoms in total. The Morgan fingerprint density at radius 3 is 2.77 bits per heavy atom. The van der Waals surface area contributed by atoms with Crippen molar-refractivity contribution in [2.24, 2.45) is 5.41 Å². The van der Waals surface area contributed by atoms with Gasteiger partial charge in [-0.25, -0.2) is 13.9 Å². The molecule has 1 aliphatic carbocycles.